The predicted octanol–water partition coefficient (Wildman–Crippen LogP) is 4.55. The van der Waals surface area contributed by atoms with Crippen molar-refractivity contribution in [3.8, 4) is 16.3 Å². The summed E-state index contributed by atoms with van der Waals surface area (Å²) in [5, 5.41) is 13.2. The minimum atomic E-state index is -0.146. The summed E-state index contributed by atoms with van der Waals surface area (Å²) in [5.41, 5.74) is 3.19. The van der Waals surface area contributed by atoms with Crippen molar-refractivity contribution >= 4 is 33.8 Å². The maximum Gasteiger partial charge on any atom is 0.256 e. The molecule has 6 heteroatoms. The lowest BCUT2D eigenvalue weighted by Crippen LogP contribution is -2.10. The molecule has 0 spiro atoms. The summed E-state index contributed by atoms with van der Waals surface area (Å²) in [6, 6.07) is 17.1. The Morgan fingerprint density at radius 1 is 1.16 bits per heavy atom. The number of rotatable bonds is 4. The van der Waals surface area contributed by atoms with E-state index >= 15 is 0 Å². The van der Waals surface area contributed by atoms with E-state index in [1.807, 2.05) is 60.0 Å². The zero-order valence-corrected chi connectivity index (χ0v) is 14.3. The van der Waals surface area contributed by atoms with Crippen molar-refractivity contribution in [3.63, 3.8) is 0 Å². The van der Waals surface area contributed by atoms with Crippen LogP contribution in [0.1, 0.15) is 10.4 Å². The van der Waals surface area contributed by atoms with Crippen LogP contribution in [0.25, 0.3) is 21.5 Å². The van der Waals surface area contributed by atoms with Gasteiger partial charge >= 0.3 is 0 Å². The van der Waals surface area contributed by atoms with Crippen LogP contribution in [0.5, 0.6) is 5.75 Å². The maximum absolute atomic E-state index is 12.5. The van der Waals surface area contributed by atoms with Crippen LogP contribution in [0.15, 0.2) is 60.0 Å². The number of fused-ring (bicyclic) bond motifs is 1. The number of carbonyl (C=O) groups excluding carboxylic acids is 1. The number of nitrogens with one attached hydrogen (secondary N) is 2. The fraction of sp³-hybridized carbons (Fsp3) is 0.0526. The first-order chi connectivity index (χ1) is 12.2. The van der Waals surface area contributed by atoms with Gasteiger partial charge in [0.1, 0.15) is 11.4 Å². The molecule has 25 heavy (non-hydrogen) atoms. The van der Waals surface area contributed by atoms with Gasteiger partial charge in [-0.25, -0.2) is 0 Å². The van der Waals surface area contributed by atoms with Gasteiger partial charge in [-0.2, -0.15) is 5.10 Å². The third-order valence-corrected chi connectivity index (χ3v) is 4.85. The van der Waals surface area contributed by atoms with Crippen molar-refractivity contribution in [2.24, 2.45) is 0 Å². The van der Waals surface area contributed by atoms with Crippen LogP contribution in [0.3, 0.4) is 0 Å². The van der Waals surface area contributed by atoms with E-state index in [2.05, 4.69) is 15.5 Å². The second kappa shape index (κ2) is 6.41. The van der Waals surface area contributed by atoms with Gasteiger partial charge in [-0.3, -0.25) is 9.89 Å². The van der Waals surface area contributed by atoms with E-state index in [9.17, 15) is 4.79 Å². The highest BCUT2D eigenvalue weighted by Gasteiger charge is 2.14. The number of para-hydroxylation sites is 1. The molecule has 0 radical (unpaired) electrons. The number of aromatic nitrogens is 2. The molecule has 5 nitrogen and oxygen atoms in total. The molecule has 2 N–H and O–H groups in total. The van der Waals surface area contributed by atoms with Crippen LogP contribution in [0, 0.1) is 0 Å². The molecule has 2 aromatic heterocycles. The Morgan fingerprint density at radius 3 is 2.76 bits per heavy atom. The average molecular weight is 349 g/mol. The fourth-order valence-corrected chi connectivity index (χ4v) is 3.50. The van der Waals surface area contributed by atoms with E-state index in [1.54, 1.807) is 7.11 Å². The third kappa shape index (κ3) is 2.99. The number of hydrogen-bond acceptors (Lipinski definition) is 4. The van der Waals surface area contributed by atoms with Gasteiger partial charge < -0.3 is 10.1 Å². The Hall–Kier alpha value is -3.12. The highest BCUT2D eigenvalue weighted by Crippen LogP contribution is 2.31. The highest BCUT2D eigenvalue weighted by molar-refractivity contribution is 7.14. The lowest BCUT2D eigenvalue weighted by Gasteiger charge is -2.04. The quantitative estimate of drug-likeness (QED) is 0.568. The van der Waals surface area contributed by atoms with E-state index in [-0.39, 0.29) is 5.91 Å². The van der Waals surface area contributed by atoms with Gasteiger partial charge in [0.05, 0.1) is 23.1 Å². The Balaban J connectivity index is 1.57. The first-order valence-corrected chi connectivity index (χ1v) is 8.60. The molecule has 2 heterocycles. The van der Waals surface area contributed by atoms with Gasteiger partial charge in [-0.15, -0.1) is 11.3 Å². The van der Waals surface area contributed by atoms with Crippen LogP contribution < -0.4 is 10.1 Å². The second-order valence-electron chi connectivity index (χ2n) is 5.50. The first kappa shape index (κ1) is 15.4. The number of aromatic amines is 1. The number of thiophene rings is 1. The number of benzene rings is 2. The molecule has 0 atom stereocenters. The largest absolute Gasteiger partial charge is 0.497 e. The predicted molar refractivity (Wildman–Crippen MR) is 100 cm³/mol. The lowest BCUT2D eigenvalue weighted by atomic mass is 10.1. The number of hydrogen-bond donors (Lipinski definition) is 2. The summed E-state index contributed by atoms with van der Waals surface area (Å²) in [4.78, 5) is 13.4. The molecule has 0 aliphatic carbocycles. The van der Waals surface area contributed by atoms with Gasteiger partial charge in [0.2, 0.25) is 0 Å². The molecule has 0 unspecified atom stereocenters. The van der Waals surface area contributed by atoms with Crippen LogP contribution in [0.4, 0.5) is 5.69 Å². The van der Waals surface area contributed by atoms with Gasteiger partial charge in [0, 0.05) is 16.5 Å². The molecule has 0 aliphatic rings. The minimum Gasteiger partial charge on any atom is -0.497 e. The van der Waals surface area contributed by atoms with E-state index < -0.39 is 0 Å². The summed E-state index contributed by atoms with van der Waals surface area (Å²) >= 11 is 1.50. The second-order valence-corrected chi connectivity index (χ2v) is 6.41. The number of H-pyrrole nitrogens is 1. The van der Waals surface area contributed by atoms with E-state index in [0.29, 0.717) is 5.56 Å². The number of carbonyl (C=O) groups is 1. The van der Waals surface area contributed by atoms with Crippen LogP contribution in [0.2, 0.25) is 0 Å². The summed E-state index contributed by atoms with van der Waals surface area (Å²) in [6.45, 7) is 0. The number of methoxy groups -OCH3 is 1. The van der Waals surface area contributed by atoms with Crippen molar-refractivity contribution in [3.05, 3.63) is 65.5 Å². The number of nitrogens with zero attached hydrogens (tertiary/aromatic N) is 1. The molecule has 0 bridgehead atoms. The summed E-state index contributed by atoms with van der Waals surface area (Å²) in [5.74, 6) is 0.605. The molecule has 0 aliphatic heterocycles. The summed E-state index contributed by atoms with van der Waals surface area (Å²) in [7, 11) is 1.61. The number of anilines is 1. The zero-order chi connectivity index (χ0) is 17.2. The number of ether oxygens (including phenoxy) is 1. The van der Waals surface area contributed by atoms with Crippen LogP contribution >= 0.6 is 11.3 Å². The van der Waals surface area contributed by atoms with Crippen molar-refractivity contribution in [1.82, 2.24) is 10.2 Å². The number of amides is 1. The lowest BCUT2D eigenvalue weighted by molar-refractivity contribution is 0.102. The third-order valence-electron chi connectivity index (χ3n) is 3.91. The summed E-state index contributed by atoms with van der Waals surface area (Å²) < 4.78 is 5.12. The Kier molecular flexibility index (Phi) is 3.95. The monoisotopic (exact) mass is 349 g/mol. The van der Waals surface area contributed by atoms with Crippen molar-refractivity contribution < 1.29 is 9.53 Å². The van der Waals surface area contributed by atoms with E-state index in [0.717, 1.165) is 32.9 Å². The van der Waals surface area contributed by atoms with E-state index in [4.69, 9.17) is 4.74 Å². The molecular weight excluding hydrogens is 334 g/mol. The molecule has 0 saturated heterocycles. The van der Waals surface area contributed by atoms with Crippen LogP contribution in [-0.2, 0) is 0 Å². The first-order valence-electron chi connectivity index (χ1n) is 7.72. The standard InChI is InChI=1S/C19H15N3O2S/c1-24-14-8-6-13(7-9-14)20-19(23)12-10-17(25-11-12)18-15-4-2-3-5-16(15)21-22-18/h2-11H,1H3,(H,20,23)(H,21,22). The molecule has 0 saturated carbocycles. The molecule has 0 fully saturated rings. The minimum absolute atomic E-state index is 0.146. The molecule has 2 aromatic carbocycles. The van der Waals surface area contributed by atoms with Crippen molar-refractivity contribution in [1.29, 1.82) is 0 Å². The Morgan fingerprint density at radius 2 is 1.96 bits per heavy atom. The van der Waals surface area contributed by atoms with Gasteiger partial charge in [-0.1, -0.05) is 18.2 Å². The SMILES string of the molecule is COc1ccc(NC(=O)c2csc(-c3n[nH]c4ccccc34)c2)cc1. The zero-order valence-electron chi connectivity index (χ0n) is 13.4. The van der Waals surface area contributed by atoms with Gasteiger partial charge in [0.15, 0.2) is 0 Å². The normalized spacial score (nSPS) is 10.8. The maximum atomic E-state index is 12.5. The smallest absolute Gasteiger partial charge is 0.256 e. The highest BCUT2D eigenvalue weighted by atomic mass is 32.1. The molecule has 4 rings (SSSR count). The fourth-order valence-electron chi connectivity index (χ4n) is 2.61. The molecule has 4 aromatic rings. The van der Waals surface area contributed by atoms with Crippen LogP contribution in [-0.4, -0.2) is 23.2 Å². The Bertz CT molecular complexity index is 1030. The topological polar surface area (TPSA) is 67.0 Å². The molecule has 1 amide bonds. The average Bonchev–Trinajstić information content (AvgIpc) is 3.29. The van der Waals surface area contributed by atoms with Crippen molar-refractivity contribution in [2.75, 3.05) is 12.4 Å². The van der Waals surface area contributed by atoms with E-state index in [1.165, 1.54) is 11.3 Å². The Labute approximate surface area is 148 Å². The van der Waals surface area contributed by atoms with Crippen molar-refractivity contribution in [2.45, 2.75) is 0 Å². The molecular formula is C19H15N3O2S. The summed E-state index contributed by atoms with van der Waals surface area (Å²) in [6.07, 6.45) is 0. The van der Waals surface area contributed by atoms with Gasteiger partial charge in [-0.05, 0) is 36.4 Å². The molecule has 124 valence electrons. The van der Waals surface area contributed by atoms with Gasteiger partial charge in [0.25, 0.3) is 5.91 Å².